The average Bonchev–Trinajstić information content (AvgIpc) is 2.53. The first-order chi connectivity index (χ1) is 12.2. The maximum absolute atomic E-state index is 11.9. The third-order valence-corrected chi connectivity index (χ3v) is 3.95. The van der Waals surface area contributed by atoms with Crippen molar-refractivity contribution in [2.24, 2.45) is 0 Å². The van der Waals surface area contributed by atoms with Gasteiger partial charge in [0.1, 0.15) is 11.6 Å². The summed E-state index contributed by atoms with van der Waals surface area (Å²) in [4.78, 5) is 27.6. The number of hydrogen-bond acceptors (Lipinski definition) is 4. The summed E-state index contributed by atoms with van der Waals surface area (Å²) in [6.07, 6.45) is 2.59. The number of carboxylic acids is 1. The van der Waals surface area contributed by atoms with Crippen LogP contribution in [-0.2, 0) is 16.0 Å². The highest BCUT2D eigenvalue weighted by Gasteiger charge is 2.25. The van der Waals surface area contributed by atoms with Crippen LogP contribution in [0.3, 0.4) is 0 Å². The molecule has 0 saturated heterocycles. The van der Waals surface area contributed by atoms with E-state index in [1.807, 2.05) is 30.3 Å². The second kappa shape index (κ2) is 8.31. The largest absolute Gasteiger partial charge is 0.480 e. The van der Waals surface area contributed by atoms with E-state index in [4.69, 9.17) is 4.74 Å². The number of amides is 1. The predicted octanol–water partition coefficient (Wildman–Crippen LogP) is 4.03. The molecule has 0 aliphatic carbocycles. The van der Waals surface area contributed by atoms with Crippen molar-refractivity contribution >= 4 is 28.0 Å². The Morgan fingerprint density at radius 3 is 2.65 bits per heavy atom. The second-order valence-electron chi connectivity index (χ2n) is 6.78. The molecule has 0 aliphatic heterocycles. The number of pyridine rings is 1. The number of hydrogen-bond donors (Lipinski definition) is 2. The Bertz CT molecular complexity index is 802. The Kier molecular flexibility index (Phi) is 6.37. The van der Waals surface area contributed by atoms with E-state index in [1.54, 1.807) is 33.2 Å². The highest BCUT2D eigenvalue weighted by molar-refractivity contribution is 9.10. The number of nitrogens with zero attached hydrogens (tertiary/aromatic N) is 1. The van der Waals surface area contributed by atoms with Gasteiger partial charge in [0.05, 0.1) is 0 Å². The number of ether oxygens (including phenoxy) is 1. The number of carbonyl (C=O) groups excluding carboxylic acids is 1. The van der Waals surface area contributed by atoms with E-state index in [9.17, 15) is 14.7 Å². The first-order valence-corrected chi connectivity index (χ1v) is 8.86. The average molecular weight is 421 g/mol. The van der Waals surface area contributed by atoms with E-state index in [0.717, 1.165) is 15.6 Å². The summed E-state index contributed by atoms with van der Waals surface area (Å²) in [6, 6.07) is 8.38. The number of nitrogens with one attached hydrogen (secondary N) is 1. The zero-order valence-corrected chi connectivity index (χ0v) is 16.4. The predicted molar refractivity (Wildman–Crippen MR) is 102 cm³/mol. The second-order valence-corrected chi connectivity index (χ2v) is 7.70. The lowest BCUT2D eigenvalue weighted by Crippen LogP contribution is -2.44. The fourth-order valence-corrected chi connectivity index (χ4v) is 2.80. The van der Waals surface area contributed by atoms with Crippen molar-refractivity contribution in [3.8, 4) is 11.1 Å². The lowest BCUT2D eigenvalue weighted by atomic mass is 9.97. The number of carbonyl (C=O) groups is 2. The van der Waals surface area contributed by atoms with Gasteiger partial charge in [0, 0.05) is 23.3 Å². The van der Waals surface area contributed by atoms with E-state index in [0.29, 0.717) is 5.56 Å². The van der Waals surface area contributed by atoms with Crippen LogP contribution in [0.1, 0.15) is 26.3 Å². The van der Waals surface area contributed by atoms with Gasteiger partial charge < -0.3 is 15.2 Å². The molecule has 26 heavy (non-hydrogen) atoms. The molecule has 0 spiro atoms. The molecule has 0 fully saturated rings. The minimum atomic E-state index is -1.14. The number of benzene rings is 1. The fraction of sp³-hybridized carbons (Fsp3) is 0.316. The summed E-state index contributed by atoms with van der Waals surface area (Å²) in [5.41, 5.74) is 1.80. The van der Waals surface area contributed by atoms with E-state index in [1.165, 1.54) is 0 Å². The Morgan fingerprint density at radius 2 is 2.04 bits per heavy atom. The third-order valence-electron chi connectivity index (χ3n) is 3.45. The number of aliphatic carboxylic acids is 1. The topological polar surface area (TPSA) is 88.5 Å². The SMILES string of the molecule is CC(C)(C)OC(=O)NC(Cc1cnccc1-c1cccc(Br)c1)C(=O)O. The number of aromatic nitrogens is 1. The summed E-state index contributed by atoms with van der Waals surface area (Å²) < 4.78 is 6.07. The molecular weight excluding hydrogens is 400 g/mol. The van der Waals surface area contributed by atoms with E-state index in [2.05, 4.69) is 26.2 Å². The number of alkyl carbamates (subject to hydrolysis) is 1. The van der Waals surface area contributed by atoms with Crippen LogP contribution in [0.4, 0.5) is 4.79 Å². The lowest BCUT2D eigenvalue weighted by Gasteiger charge is -2.22. The van der Waals surface area contributed by atoms with Crippen LogP contribution in [-0.4, -0.2) is 33.8 Å². The summed E-state index contributed by atoms with van der Waals surface area (Å²) in [7, 11) is 0. The van der Waals surface area contributed by atoms with Crippen molar-refractivity contribution < 1.29 is 19.4 Å². The van der Waals surface area contributed by atoms with Crippen molar-refractivity contribution in [1.29, 1.82) is 0 Å². The van der Waals surface area contributed by atoms with Crippen LogP contribution in [0.2, 0.25) is 0 Å². The van der Waals surface area contributed by atoms with Gasteiger partial charge in [-0.05, 0) is 55.7 Å². The number of rotatable bonds is 5. The number of halogens is 1. The third kappa shape index (κ3) is 5.84. The maximum Gasteiger partial charge on any atom is 0.408 e. The molecule has 7 heteroatoms. The van der Waals surface area contributed by atoms with Gasteiger partial charge in [-0.25, -0.2) is 9.59 Å². The minimum Gasteiger partial charge on any atom is -0.480 e. The van der Waals surface area contributed by atoms with Gasteiger partial charge in [-0.2, -0.15) is 0 Å². The molecule has 0 saturated carbocycles. The van der Waals surface area contributed by atoms with Crippen LogP contribution in [0.5, 0.6) is 0 Å². The summed E-state index contributed by atoms with van der Waals surface area (Å²) >= 11 is 3.44. The number of carboxylic acid groups (broad SMARTS) is 1. The van der Waals surface area contributed by atoms with Gasteiger partial charge in [0.2, 0.25) is 0 Å². The molecule has 6 nitrogen and oxygen atoms in total. The van der Waals surface area contributed by atoms with Gasteiger partial charge in [-0.3, -0.25) is 4.98 Å². The molecule has 0 bridgehead atoms. The van der Waals surface area contributed by atoms with Crippen molar-refractivity contribution in [1.82, 2.24) is 10.3 Å². The molecule has 1 unspecified atom stereocenters. The van der Waals surface area contributed by atoms with Gasteiger partial charge >= 0.3 is 12.1 Å². The van der Waals surface area contributed by atoms with Gasteiger partial charge in [-0.1, -0.05) is 28.1 Å². The van der Waals surface area contributed by atoms with Gasteiger partial charge in [0.15, 0.2) is 0 Å². The Balaban J connectivity index is 2.24. The van der Waals surface area contributed by atoms with Crippen LogP contribution in [0.25, 0.3) is 11.1 Å². The van der Waals surface area contributed by atoms with Crippen molar-refractivity contribution in [3.63, 3.8) is 0 Å². The molecule has 2 N–H and O–H groups in total. The zero-order chi connectivity index (χ0) is 19.3. The Hall–Kier alpha value is -2.41. The molecule has 1 aromatic carbocycles. The highest BCUT2D eigenvalue weighted by atomic mass is 79.9. The standard InChI is InChI=1S/C19H21BrN2O4/c1-19(2,3)26-18(25)22-16(17(23)24)10-13-11-21-8-7-15(13)12-5-4-6-14(20)9-12/h4-9,11,16H,10H2,1-3H3,(H,22,25)(H,23,24). The van der Waals surface area contributed by atoms with Crippen LogP contribution in [0.15, 0.2) is 47.2 Å². The highest BCUT2D eigenvalue weighted by Crippen LogP contribution is 2.26. The maximum atomic E-state index is 11.9. The van der Waals surface area contributed by atoms with Crippen molar-refractivity contribution in [2.45, 2.75) is 38.8 Å². The lowest BCUT2D eigenvalue weighted by molar-refractivity contribution is -0.139. The van der Waals surface area contributed by atoms with Crippen LogP contribution in [0, 0.1) is 0 Å². The summed E-state index contributed by atoms with van der Waals surface area (Å²) in [5.74, 6) is -1.14. The van der Waals surface area contributed by atoms with Crippen LogP contribution < -0.4 is 5.32 Å². The van der Waals surface area contributed by atoms with Crippen molar-refractivity contribution in [3.05, 3.63) is 52.8 Å². The normalized spacial score (nSPS) is 12.3. The molecule has 2 rings (SSSR count). The molecule has 1 heterocycles. The molecule has 0 radical (unpaired) electrons. The van der Waals surface area contributed by atoms with Gasteiger partial charge in [0.25, 0.3) is 0 Å². The zero-order valence-electron chi connectivity index (χ0n) is 14.8. The van der Waals surface area contributed by atoms with Crippen LogP contribution >= 0.6 is 15.9 Å². The molecule has 1 aromatic heterocycles. The Labute approximate surface area is 160 Å². The Morgan fingerprint density at radius 1 is 1.31 bits per heavy atom. The van der Waals surface area contributed by atoms with Gasteiger partial charge in [-0.15, -0.1) is 0 Å². The smallest absolute Gasteiger partial charge is 0.408 e. The molecule has 1 atom stereocenters. The fourth-order valence-electron chi connectivity index (χ4n) is 2.40. The van der Waals surface area contributed by atoms with E-state index in [-0.39, 0.29) is 6.42 Å². The van der Waals surface area contributed by atoms with E-state index >= 15 is 0 Å². The first kappa shape index (κ1) is 19.9. The first-order valence-electron chi connectivity index (χ1n) is 8.07. The minimum absolute atomic E-state index is 0.0876. The molecule has 2 aromatic rings. The quantitative estimate of drug-likeness (QED) is 0.761. The molecule has 0 aliphatic rings. The molecular formula is C19H21BrN2O4. The monoisotopic (exact) mass is 420 g/mol. The summed E-state index contributed by atoms with van der Waals surface area (Å²) in [6.45, 7) is 5.15. The molecule has 138 valence electrons. The molecule has 1 amide bonds. The van der Waals surface area contributed by atoms with E-state index < -0.39 is 23.7 Å². The van der Waals surface area contributed by atoms with Crippen molar-refractivity contribution in [2.75, 3.05) is 0 Å². The summed E-state index contributed by atoms with van der Waals surface area (Å²) in [5, 5.41) is 11.9.